The first-order chi connectivity index (χ1) is 9.49. The summed E-state index contributed by atoms with van der Waals surface area (Å²) in [6.45, 7) is 3.74. The predicted molar refractivity (Wildman–Crippen MR) is 75.5 cm³/mol. The van der Waals surface area contributed by atoms with Gasteiger partial charge in [-0.2, -0.15) is 15.0 Å². The van der Waals surface area contributed by atoms with Crippen molar-refractivity contribution >= 4 is 17.5 Å². The predicted octanol–water partition coefficient (Wildman–Crippen LogP) is 3.16. The van der Waals surface area contributed by atoms with E-state index in [1.165, 1.54) is 12.1 Å². The summed E-state index contributed by atoms with van der Waals surface area (Å²) >= 11 is 5.77. The SMILES string of the molecule is CNc1nc(OC(C)C)nc(-c2ccc(F)c(Cl)c2)n1. The lowest BCUT2D eigenvalue weighted by Gasteiger charge is -2.10. The van der Waals surface area contributed by atoms with Crippen LogP contribution in [0.1, 0.15) is 13.8 Å². The largest absolute Gasteiger partial charge is 0.461 e. The van der Waals surface area contributed by atoms with Gasteiger partial charge in [-0.3, -0.25) is 0 Å². The van der Waals surface area contributed by atoms with Gasteiger partial charge in [0.05, 0.1) is 11.1 Å². The fraction of sp³-hybridized carbons (Fsp3) is 0.308. The van der Waals surface area contributed by atoms with Crippen LogP contribution in [0.15, 0.2) is 18.2 Å². The van der Waals surface area contributed by atoms with Crippen molar-refractivity contribution in [2.75, 3.05) is 12.4 Å². The Morgan fingerprint density at radius 3 is 2.60 bits per heavy atom. The number of benzene rings is 1. The van der Waals surface area contributed by atoms with E-state index in [9.17, 15) is 4.39 Å². The first kappa shape index (κ1) is 14.5. The molecule has 1 N–H and O–H groups in total. The first-order valence-electron chi connectivity index (χ1n) is 6.05. The Balaban J connectivity index is 2.46. The molecule has 0 spiro atoms. The maximum Gasteiger partial charge on any atom is 0.322 e. The number of ether oxygens (including phenoxy) is 1. The third-order valence-corrected chi connectivity index (χ3v) is 2.65. The molecule has 2 rings (SSSR count). The van der Waals surface area contributed by atoms with E-state index in [1.54, 1.807) is 13.1 Å². The van der Waals surface area contributed by atoms with E-state index in [2.05, 4.69) is 20.3 Å². The number of rotatable bonds is 4. The van der Waals surface area contributed by atoms with Crippen LogP contribution < -0.4 is 10.1 Å². The molecule has 2 aromatic rings. The summed E-state index contributed by atoms with van der Waals surface area (Å²) in [4.78, 5) is 12.5. The van der Waals surface area contributed by atoms with Crippen molar-refractivity contribution in [1.29, 1.82) is 0 Å². The van der Waals surface area contributed by atoms with E-state index in [-0.39, 0.29) is 17.1 Å². The molecule has 1 aromatic carbocycles. The van der Waals surface area contributed by atoms with Crippen molar-refractivity contribution < 1.29 is 9.13 Å². The summed E-state index contributed by atoms with van der Waals surface area (Å²) in [6.07, 6.45) is -0.0632. The maximum absolute atomic E-state index is 13.2. The molecule has 7 heteroatoms. The van der Waals surface area contributed by atoms with Gasteiger partial charge in [0, 0.05) is 12.6 Å². The molecular weight excluding hydrogens is 283 g/mol. The van der Waals surface area contributed by atoms with Crippen LogP contribution in [0.25, 0.3) is 11.4 Å². The summed E-state index contributed by atoms with van der Waals surface area (Å²) in [6, 6.07) is 4.48. The summed E-state index contributed by atoms with van der Waals surface area (Å²) in [5.74, 6) is 0.241. The monoisotopic (exact) mass is 296 g/mol. The fourth-order valence-corrected chi connectivity index (χ4v) is 1.68. The molecule has 0 amide bonds. The van der Waals surface area contributed by atoms with Crippen LogP contribution in [0.5, 0.6) is 6.01 Å². The van der Waals surface area contributed by atoms with E-state index in [1.807, 2.05) is 13.8 Å². The van der Waals surface area contributed by atoms with Crippen molar-refractivity contribution in [2.24, 2.45) is 0 Å². The van der Waals surface area contributed by atoms with Crippen LogP contribution in [0, 0.1) is 5.82 Å². The number of nitrogens with one attached hydrogen (secondary N) is 1. The number of halogens is 2. The lowest BCUT2D eigenvalue weighted by molar-refractivity contribution is 0.222. The fourth-order valence-electron chi connectivity index (χ4n) is 1.50. The van der Waals surface area contributed by atoms with Gasteiger partial charge in [0.25, 0.3) is 0 Å². The van der Waals surface area contributed by atoms with E-state index in [0.717, 1.165) is 0 Å². The minimum Gasteiger partial charge on any atom is -0.461 e. The van der Waals surface area contributed by atoms with Gasteiger partial charge in [-0.1, -0.05) is 11.6 Å². The number of hydrogen-bond donors (Lipinski definition) is 1. The second kappa shape index (κ2) is 6.00. The molecule has 0 saturated heterocycles. The van der Waals surface area contributed by atoms with Gasteiger partial charge < -0.3 is 10.1 Å². The second-order valence-electron chi connectivity index (χ2n) is 4.31. The molecule has 20 heavy (non-hydrogen) atoms. The van der Waals surface area contributed by atoms with Crippen molar-refractivity contribution in [3.05, 3.63) is 29.0 Å². The zero-order chi connectivity index (χ0) is 14.7. The third-order valence-electron chi connectivity index (χ3n) is 2.36. The Kier molecular flexibility index (Phi) is 4.34. The van der Waals surface area contributed by atoms with Crippen LogP contribution in [0.4, 0.5) is 10.3 Å². The van der Waals surface area contributed by atoms with E-state index in [4.69, 9.17) is 16.3 Å². The van der Waals surface area contributed by atoms with Gasteiger partial charge in [-0.05, 0) is 32.0 Å². The highest BCUT2D eigenvalue weighted by Crippen LogP contribution is 2.24. The first-order valence-corrected chi connectivity index (χ1v) is 6.43. The van der Waals surface area contributed by atoms with Crippen LogP contribution in [-0.4, -0.2) is 28.1 Å². The van der Waals surface area contributed by atoms with E-state index in [0.29, 0.717) is 17.3 Å². The quantitative estimate of drug-likeness (QED) is 0.939. The zero-order valence-corrected chi connectivity index (χ0v) is 12.1. The van der Waals surface area contributed by atoms with Crippen molar-refractivity contribution in [1.82, 2.24) is 15.0 Å². The molecule has 0 saturated carbocycles. The normalized spacial score (nSPS) is 10.7. The van der Waals surface area contributed by atoms with E-state index >= 15 is 0 Å². The van der Waals surface area contributed by atoms with Crippen molar-refractivity contribution in [3.63, 3.8) is 0 Å². The summed E-state index contributed by atoms with van der Waals surface area (Å²) in [5.41, 5.74) is 0.587. The molecule has 1 aromatic heterocycles. The summed E-state index contributed by atoms with van der Waals surface area (Å²) in [5, 5.41) is 2.84. The average Bonchev–Trinajstić information content (AvgIpc) is 2.40. The van der Waals surface area contributed by atoms with Gasteiger partial charge in [-0.25, -0.2) is 4.39 Å². The van der Waals surface area contributed by atoms with Crippen LogP contribution in [-0.2, 0) is 0 Å². The van der Waals surface area contributed by atoms with Crippen molar-refractivity contribution in [3.8, 4) is 17.4 Å². The van der Waals surface area contributed by atoms with Crippen molar-refractivity contribution in [2.45, 2.75) is 20.0 Å². The molecule has 0 unspecified atom stereocenters. The number of anilines is 1. The lowest BCUT2D eigenvalue weighted by Crippen LogP contribution is -2.11. The Morgan fingerprint density at radius 2 is 2.00 bits per heavy atom. The lowest BCUT2D eigenvalue weighted by atomic mass is 10.2. The zero-order valence-electron chi connectivity index (χ0n) is 11.3. The van der Waals surface area contributed by atoms with Gasteiger partial charge in [0.15, 0.2) is 5.82 Å². The van der Waals surface area contributed by atoms with Gasteiger partial charge in [0.2, 0.25) is 5.95 Å². The van der Waals surface area contributed by atoms with Crippen LogP contribution >= 0.6 is 11.6 Å². The number of hydrogen-bond acceptors (Lipinski definition) is 5. The topological polar surface area (TPSA) is 59.9 Å². The van der Waals surface area contributed by atoms with Crippen LogP contribution in [0.2, 0.25) is 5.02 Å². The summed E-state index contributed by atoms with van der Waals surface area (Å²) < 4.78 is 18.7. The van der Waals surface area contributed by atoms with Gasteiger partial charge in [0.1, 0.15) is 5.82 Å². The molecule has 5 nitrogen and oxygen atoms in total. The molecule has 0 atom stereocenters. The molecule has 0 bridgehead atoms. The smallest absolute Gasteiger partial charge is 0.322 e. The molecule has 0 aliphatic heterocycles. The average molecular weight is 297 g/mol. The Labute approximate surface area is 121 Å². The molecule has 1 heterocycles. The molecule has 0 fully saturated rings. The minimum absolute atomic E-state index is 0.0141. The maximum atomic E-state index is 13.2. The van der Waals surface area contributed by atoms with Gasteiger partial charge >= 0.3 is 6.01 Å². The van der Waals surface area contributed by atoms with Crippen LogP contribution in [0.3, 0.4) is 0 Å². The molecule has 0 radical (unpaired) electrons. The molecule has 0 aliphatic rings. The third kappa shape index (κ3) is 3.33. The van der Waals surface area contributed by atoms with E-state index < -0.39 is 5.82 Å². The highest BCUT2D eigenvalue weighted by molar-refractivity contribution is 6.31. The Morgan fingerprint density at radius 1 is 1.25 bits per heavy atom. The summed E-state index contributed by atoms with van der Waals surface area (Å²) in [7, 11) is 1.69. The molecule has 0 aliphatic carbocycles. The molecule has 106 valence electrons. The highest BCUT2D eigenvalue weighted by atomic mass is 35.5. The second-order valence-corrected chi connectivity index (χ2v) is 4.72. The van der Waals surface area contributed by atoms with Gasteiger partial charge in [-0.15, -0.1) is 0 Å². The Bertz CT molecular complexity index is 621. The number of nitrogens with zero attached hydrogens (tertiary/aromatic N) is 3. The standard InChI is InChI=1S/C13H14ClFN4O/c1-7(2)20-13-18-11(17-12(16-3)19-13)8-4-5-10(15)9(14)6-8/h4-7H,1-3H3,(H,16,17,18,19). The Hall–Kier alpha value is -1.95. The molecular formula is C13H14ClFN4O. The highest BCUT2D eigenvalue weighted by Gasteiger charge is 2.11. The number of aromatic nitrogens is 3. The minimum atomic E-state index is -0.489.